The molecule has 1 saturated carbocycles. The highest BCUT2D eigenvalue weighted by Crippen LogP contribution is 2.41. The molecule has 2 aromatic carbocycles. The standard InChI is InChI=1S/C27H30ClN5O3S.ClH/c1-37(35,36)32-21-7-2-4-18(14-21)25-30-16-23-24(31-25)10-13-33(26(23)34)22-8-11-27(17-29,12-9-22)19-5-3-6-20(28)15-19;/h2-7,14-16,22,32H,8-13,17,29H2,1H3;1H. The van der Waals surface area contributed by atoms with Gasteiger partial charge in [-0.2, -0.15) is 0 Å². The molecular weight excluding hydrogens is 545 g/mol. The molecule has 3 N–H and O–H groups in total. The monoisotopic (exact) mass is 575 g/mol. The van der Waals surface area contributed by atoms with Gasteiger partial charge in [-0.05, 0) is 55.5 Å². The van der Waals surface area contributed by atoms with E-state index in [1.807, 2.05) is 29.2 Å². The van der Waals surface area contributed by atoms with Crippen molar-refractivity contribution in [3.63, 3.8) is 0 Å². The lowest BCUT2D eigenvalue weighted by Crippen LogP contribution is -2.49. The van der Waals surface area contributed by atoms with Crippen LogP contribution in [-0.2, 0) is 21.9 Å². The van der Waals surface area contributed by atoms with Gasteiger partial charge in [-0.15, -0.1) is 12.4 Å². The zero-order chi connectivity index (χ0) is 26.2. The van der Waals surface area contributed by atoms with Crippen molar-refractivity contribution in [3.05, 3.63) is 76.6 Å². The molecule has 11 heteroatoms. The van der Waals surface area contributed by atoms with E-state index in [2.05, 4.69) is 20.8 Å². The van der Waals surface area contributed by atoms with E-state index >= 15 is 0 Å². The molecule has 0 atom stereocenters. The quantitative estimate of drug-likeness (QED) is 0.449. The number of carbonyl (C=O) groups is 1. The fourth-order valence-corrected chi connectivity index (χ4v) is 6.33. The highest BCUT2D eigenvalue weighted by Gasteiger charge is 2.40. The highest BCUT2D eigenvalue weighted by molar-refractivity contribution is 7.92. The molecule has 38 heavy (non-hydrogen) atoms. The van der Waals surface area contributed by atoms with Crippen LogP contribution in [0.4, 0.5) is 5.69 Å². The van der Waals surface area contributed by atoms with Crippen molar-refractivity contribution < 1.29 is 13.2 Å². The van der Waals surface area contributed by atoms with Gasteiger partial charge in [0.2, 0.25) is 10.0 Å². The van der Waals surface area contributed by atoms with E-state index in [-0.39, 0.29) is 29.8 Å². The Morgan fingerprint density at radius 3 is 2.58 bits per heavy atom. The van der Waals surface area contributed by atoms with Crippen molar-refractivity contribution in [2.75, 3.05) is 24.1 Å². The number of halogens is 2. The Bertz CT molecular complexity index is 1440. The lowest BCUT2D eigenvalue weighted by Gasteiger charge is -2.44. The molecule has 8 nitrogen and oxygen atoms in total. The first-order valence-electron chi connectivity index (χ1n) is 12.4. The van der Waals surface area contributed by atoms with E-state index in [0.717, 1.165) is 37.6 Å². The fourth-order valence-electron chi connectivity index (χ4n) is 5.59. The summed E-state index contributed by atoms with van der Waals surface area (Å²) in [5.74, 6) is 0.428. The van der Waals surface area contributed by atoms with Crippen LogP contribution in [0.2, 0.25) is 5.02 Å². The van der Waals surface area contributed by atoms with Crippen molar-refractivity contribution in [1.82, 2.24) is 14.9 Å². The number of carbonyl (C=O) groups excluding carboxylic acids is 1. The molecule has 1 amide bonds. The fraction of sp³-hybridized carbons (Fsp3) is 0.370. The first-order chi connectivity index (χ1) is 17.7. The molecule has 0 saturated heterocycles. The minimum absolute atomic E-state index is 0. The largest absolute Gasteiger partial charge is 0.335 e. The van der Waals surface area contributed by atoms with Gasteiger partial charge < -0.3 is 10.6 Å². The van der Waals surface area contributed by atoms with Crippen LogP contribution >= 0.6 is 24.0 Å². The molecule has 1 aliphatic heterocycles. The Hall–Kier alpha value is -2.72. The van der Waals surface area contributed by atoms with E-state index in [1.165, 1.54) is 5.56 Å². The van der Waals surface area contributed by atoms with Crippen LogP contribution in [0, 0.1) is 0 Å². The molecule has 0 radical (unpaired) electrons. The number of hydrogen-bond acceptors (Lipinski definition) is 6. The number of aromatic nitrogens is 2. The number of nitrogens with zero attached hydrogens (tertiary/aromatic N) is 3. The zero-order valence-electron chi connectivity index (χ0n) is 21.1. The van der Waals surface area contributed by atoms with E-state index in [4.69, 9.17) is 17.3 Å². The summed E-state index contributed by atoms with van der Waals surface area (Å²) >= 11 is 6.25. The second-order valence-electron chi connectivity index (χ2n) is 9.98. The minimum Gasteiger partial charge on any atom is -0.335 e. The van der Waals surface area contributed by atoms with E-state index in [0.29, 0.717) is 47.2 Å². The summed E-state index contributed by atoms with van der Waals surface area (Å²) in [6, 6.07) is 15.0. The normalized spacial score (nSPS) is 21.4. The zero-order valence-corrected chi connectivity index (χ0v) is 23.5. The second kappa shape index (κ2) is 11.2. The van der Waals surface area contributed by atoms with Crippen molar-refractivity contribution in [2.45, 2.75) is 43.6 Å². The molecule has 202 valence electrons. The summed E-state index contributed by atoms with van der Waals surface area (Å²) in [5.41, 5.74) is 9.69. The van der Waals surface area contributed by atoms with Crippen LogP contribution in [0.15, 0.2) is 54.7 Å². The smallest absolute Gasteiger partial charge is 0.257 e. The third kappa shape index (κ3) is 5.81. The number of rotatable bonds is 6. The third-order valence-corrected chi connectivity index (χ3v) is 8.39. The predicted molar refractivity (Wildman–Crippen MR) is 152 cm³/mol. The summed E-state index contributed by atoms with van der Waals surface area (Å²) in [5, 5.41) is 0.716. The van der Waals surface area contributed by atoms with Gasteiger partial charge in [-0.3, -0.25) is 9.52 Å². The summed E-state index contributed by atoms with van der Waals surface area (Å²) in [7, 11) is -3.40. The maximum Gasteiger partial charge on any atom is 0.257 e. The SMILES string of the molecule is CS(=O)(=O)Nc1cccc(-c2ncc3c(n2)CCN(C2CCC(CN)(c4cccc(Cl)c4)CC2)C3=O)c1.Cl. The molecule has 0 spiro atoms. The number of nitrogens with one attached hydrogen (secondary N) is 1. The predicted octanol–water partition coefficient (Wildman–Crippen LogP) is 4.43. The summed E-state index contributed by atoms with van der Waals surface area (Å²) in [6.07, 6.45) is 6.91. The maximum absolute atomic E-state index is 13.4. The Kier molecular flexibility index (Phi) is 8.32. The van der Waals surface area contributed by atoms with Gasteiger partial charge in [0.05, 0.1) is 17.5 Å². The lowest BCUT2D eigenvalue weighted by atomic mass is 9.68. The van der Waals surface area contributed by atoms with Gasteiger partial charge in [0.25, 0.3) is 5.91 Å². The van der Waals surface area contributed by atoms with Gasteiger partial charge in [-0.25, -0.2) is 18.4 Å². The van der Waals surface area contributed by atoms with Crippen LogP contribution in [0.3, 0.4) is 0 Å². The minimum atomic E-state index is -3.40. The van der Waals surface area contributed by atoms with Gasteiger partial charge in [0.15, 0.2) is 5.82 Å². The number of anilines is 1. The molecular formula is C27H31Cl2N5O3S. The average molecular weight is 577 g/mol. The molecule has 5 rings (SSSR count). The number of benzene rings is 2. The van der Waals surface area contributed by atoms with Gasteiger partial charge >= 0.3 is 0 Å². The molecule has 1 aliphatic carbocycles. The van der Waals surface area contributed by atoms with Crippen LogP contribution in [0.1, 0.15) is 47.3 Å². The number of hydrogen-bond donors (Lipinski definition) is 2. The van der Waals surface area contributed by atoms with Crippen LogP contribution in [0.25, 0.3) is 11.4 Å². The summed E-state index contributed by atoms with van der Waals surface area (Å²) in [4.78, 5) is 24.5. The Morgan fingerprint density at radius 2 is 1.89 bits per heavy atom. The molecule has 2 heterocycles. The number of nitrogens with two attached hydrogens (primary N) is 1. The van der Waals surface area contributed by atoms with Gasteiger partial charge in [0.1, 0.15) is 0 Å². The lowest BCUT2D eigenvalue weighted by molar-refractivity contribution is 0.0572. The van der Waals surface area contributed by atoms with Gasteiger partial charge in [-0.1, -0.05) is 35.9 Å². The molecule has 0 bridgehead atoms. The highest BCUT2D eigenvalue weighted by atomic mass is 35.5. The van der Waals surface area contributed by atoms with E-state index < -0.39 is 10.0 Å². The van der Waals surface area contributed by atoms with Crippen molar-refractivity contribution in [2.24, 2.45) is 5.73 Å². The average Bonchev–Trinajstić information content (AvgIpc) is 2.88. The van der Waals surface area contributed by atoms with Crippen LogP contribution < -0.4 is 10.5 Å². The first-order valence-corrected chi connectivity index (χ1v) is 14.7. The van der Waals surface area contributed by atoms with Gasteiger partial charge in [0, 0.05) is 53.4 Å². The molecule has 3 aromatic rings. The molecule has 0 unspecified atom stereocenters. The molecule has 2 aliphatic rings. The third-order valence-electron chi connectivity index (χ3n) is 7.55. The molecule has 1 aromatic heterocycles. The number of fused-ring (bicyclic) bond motifs is 1. The van der Waals surface area contributed by atoms with Crippen molar-refractivity contribution >= 4 is 45.6 Å². The Morgan fingerprint density at radius 1 is 1.16 bits per heavy atom. The summed E-state index contributed by atoms with van der Waals surface area (Å²) in [6.45, 7) is 1.16. The van der Waals surface area contributed by atoms with Crippen molar-refractivity contribution in [1.29, 1.82) is 0 Å². The molecule has 1 fully saturated rings. The Labute approximate surface area is 234 Å². The maximum atomic E-state index is 13.4. The number of amides is 1. The number of sulfonamides is 1. The Balaban J connectivity index is 0.00000336. The second-order valence-corrected chi connectivity index (χ2v) is 12.2. The van der Waals surface area contributed by atoms with Crippen LogP contribution in [-0.4, -0.2) is 54.6 Å². The van der Waals surface area contributed by atoms with E-state index in [1.54, 1.807) is 24.4 Å². The van der Waals surface area contributed by atoms with E-state index in [9.17, 15) is 13.2 Å². The summed E-state index contributed by atoms with van der Waals surface area (Å²) < 4.78 is 25.6. The van der Waals surface area contributed by atoms with Crippen molar-refractivity contribution in [3.8, 4) is 11.4 Å². The van der Waals surface area contributed by atoms with Crippen LogP contribution in [0.5, 0.6) is 0 Å². The topological polar surface area (TPSA) is 118 Å². The first kappa shape index (κ1) is 28.3.